The molecule has 0 aromatic heterocycles. The molecule has 0 heterocycles. The van der Waals surface area contributed by atoms with Crippen LogP contribution in [-0.4, -0.2) is 12.9 Å². The molecule has 0 atom stereocenters. The standard InChI is InChI=1S/C19H18O2/c1-21-17-10-4-6-14(13-17)12-16-9-5-8-15-7-2-3-11-18(15)19(16)20/h2-4,6-7,10-13H,5,8-9H2,1H3/b16-12+. The van der Waals surface area contributed by atoms with Crippen molar-refractivity contribution in [2.45, 2.75) is 19.3 Å². The van der Waals surface area contributed by atoms with E-state index in [0.29, 0.717) is 0 Å². The molecule has 0 radical (unpaired) electrons. The fourth-order valence-corrected chi connectivity index (χ4v) is 2.79. The molecular formula is C19H18O2. The first-order valence-electron chi connectivity index (χ1n) is 7.25. The first-order chi connectivity index (χ1) is 10.3. The predicted octanol–water partition coefficient (Wildman–Crippen LogP) is 4.30. The number of ether oxygens (including phenoxy) is 1. The Morgan fingerprint density at radius 2 is 1.90 bits per heavy atom. The highest BCUT2D eigenvalue weighted by Gasteiger charge is 2.19. The van der Waals surface area contributed by atoms with Crippen LogP contribution in [0, 0.1) is 0 Å². The molecule has 0 amide bonds. The van der Waals surface area contributed by atoms with E-state index in [4.69, 9.17) is 4.74 Å². The van der Waals surface area contributed by atoms with Gasteiger partial charge in [0.05, 0.1) is 7.11 Å². The lowest BCUT2D eigenvalue weighted by atomic mass is 9.98. The highest BCUT2D eigenvalue weighted by atomic mass is 16.5. The van der Waals surface area contributed by atoms with Gasteiger partial charge in [0.1, 0.15) is 5.75 Å². The largest absolute Gasteiger partial charge is 0.497 e. The van der Waals surface area contributed by atoms with E-state index in [1.807, 2.05) is 48.5 Å². The summed E-state index contributed by atoms with van der Waals surface area (Å²) in [7, 11) is 1.65. The van der Waals surface area contributed by atoms with Gasteiger partial charge in [0, 0.05) is 11.1 Å². The number of ketones is 1. The first kappa shape index (κ1) is 13.6. The third-order valence-electron chi connectivity index (χ3n) is 3.88. The molecule has 0 bridgehead atoms. The van der Waals surface area contributed by atoms with Crippen molar-refractivity contribution >= 4 is 11.9 Å². The first-order valence-corrected chi connectivity index (χ1v) is 7.25. The number of allylic oxidation sites excluding steroid dienone is 1. The number of benzene rings is 2. The van der Waals surface area contributed by atoms with Crippen molar-refractivity contribution in [3.05, 3.63) is 70.8 Å². The minimum atomic E-state index is 0.158. The van der Waals surface area contributed by atoms with Gasteiger partial charge in [-0.05, 0) is 48.6 Å². The van der Waals surface area contributed by atoms with E-state index in [1.54, 1.807) is 7.11 Å². The van der Waals surface area contributed by atoms with Crippen LogP contribution in [0.3, 0.4) is 0 Å². The zero-order valence-corrected chi connectivity index (χ0v) is 12.1. The highest BCUT2D eigenvalue weighted by Crippen LogP contribution is 2.26. The van der Waals surface area contributed by atoms with Gasteiger partial charge in [-0.25, -0.2) is 0 Å². The molecule has 0 N–H and O–H groups in total. The molecule has 0 fully saturated rings. The second kappa shape index (κ2) is 5.96. The molecule has 106 valence electrons. The fourth-order valence-electron chi connectivity index (χ4n) is 2.79. The molecule has 2 aromatic rings. The van der Waals surface area contributed by atoms with Crippen LogP contribution in [0.15, 0.2) is 54.1 Å². The van der Waals surface area contributed by atoms with Crippen LogP contribution >= 0.6 is 0 Å². The molecule has 2 nitrogen and oxygen atoms in total. The molecular weight excluding hydrogens is 260 g/mol. The van der Waals surface area contributed by atoms with Crippen molar-refractivity contribution in [3.8, 4) is 5.75 Å². The molecule has 1 aliphatic rings. The van der Waals surface area contributed by atoms with Gasteiger partial charge in [-0.2, -0.15) is 0 Å². The lowest BCUT2D eigenvalue weighted by Gasteiger charge is -2.06. The average Bonchev–Trinajstić information content (AvgIpc) is 2.68. The topological polar surface area (TPSA) is 26.3 Å². The number of hydrogen-bond donors (Lipinski definition) is 0. The van der Waals surface area contributed by atoms with E-state index in [0.717, 1.165) is 47.3 Å². The van der Waals surface area contributed by atoms with Crippen LogP contribution in [0.5, 0.6) is 5.75 Å². The lowest BCUT2D eigenvalue weighted by Crippen LogP contribution is -2.03. The third kappa shape index (κ3) is 2.89. The monoisotopic (exact) mass is 278 g/mol. The zero-order valence-electron chi connectivity index (χ0n) is 12.1. The van der Waals surface area contributed by atoms with Gasteiger partial charge in [-0.1, -0.05) is 36.4 Å². The van der Waals surface area contributed by atoms with Gasteiger partial charge in [-0.15, -0.1) is 0 Å². The zero-order chi connectivity index (χ0) is 14.7. The molecule has 2 heteroatoms. The van der Waals surface area contributed by atoms with Gasteiger partial charge in [-0.3, -0.25) is 4.79 Å². The van der Waals surface area contributed by atoms with E-state index in [1.165, 1.54) is 0 Å². The molecule has 0 spiro atoms. The number of carbonyl (C=O) groups is 1. The van der Waals surface area contributed by atoms with Gasteiger partial charge < -0.3 is 4.74 Å². The maximum atomic E-state index is 12.7. The Bertz CT molecular complexity index is 698. The average molecular weight is 278 g/mol. The van der Waals surface area contributed by atoms with Gasteiger partial charge in [0.15, 0.2) is 5.78 Å². The maximum Gasteiger partial charge on any atom is 0.189 e. The molecule has 2 aromatic carbocycles. The number of fused-ring (bicyclic) bond motifs is 1. The van der Waals surface area contributed by atoms with Crippen LogP contribution in [0.1, 0.15) is 34.3 Å². The van der Waals surface area contributed by atoms with Crippen molar-refractivity contribution < 1.29 is 9.53 Å². The van der Waals surface area contributed by atoms with Crippen molar-refractivity contribution in [3.63, 3.8) is 0 Å². The summed E-state index contributed by atoms with van der Waals surface area (Å²) in [6.45, 7) is 0. The van der Waals surface area contributed by atoms with E-state index in [2.05, 4.69) is 6.07 Å². The highest BCUT2D eigenvalue weighted by molar-refractivity contribution is 6.12. The Hall–Kier alpha value is -2.35. The summed E-state index contributed by atoms with van der Waals surface area (Å²) < 4.78 is 5.24. The summed E-state index contributed by atoms with van der Waals surface area (Å²) in [6, 6.07) is 15.7. The summed E-state index contributed by atoms with van der Waals surface area (Å²) in [5.41, 5.74) is 3.91. The predicted molar refractivity (Wildman–Crippen MR) is 84.7 cm³/mol. The summed E-state index contributed by atoms with van der Waals surface area (Å²) >= 11 is 0. The molecule has 3 rings (SSSR count). The Labute approximate surface area is 125 Å². The van der Waals surface area contributed by atoms with Crippen LogP contribution in [-0.2, 0) is 6.42 Å². The summed E-state index contributed by atoms with van der Waals surface area (Å²) in [5, 5.41) is 0. The minimum Gasteiger partial charge on any atom is -0.497 e. The number of carbonyl (C=O) groups excluding carboxylic acids is 1. The normalized spacial score (nSPS) is 16.4. The third-order valence-corrected chi connectivity index (χ3v) is 3.88. The molecule has 1 aliphatic carbocycles. The van der Waals surface area contributed by atoms with E-state index in [-0.39, 0.29) is 5.78 Å². The molecule has 0 saturated carbocycles. The molecule has 0 aliphatic heterocycles. The fraction of sp³-hybridized carbons (Fsp3) is 0.211. The Kier molecular flexibility index (Phi) is 3.87. The van der Waals surface area contributed by atoms with Gasteiger partial charge >= 0.3 is 0 Å². The van der Waals surface area contributed by atoms with Crippen molar-refractivity contribution in [2.75, 3.05) is 7.11 Å². The summed E-state index contributed by atoms with van der Waals surface area (Å²) in [5.74, 6) is 0.969. The van der Waals surface area contributed by atoms with Crippen molar-refractivity contribution in [1.82, 2.24) is 0 Å². The molecule has 0 saturated heterocycles. The van der Waals surface area contributed by atoms with Gasteiger partial charge in [0.2, 0.25) is 0 Å². The Balaban J connectivity index is 1.98. The number of methoxy groups -OCH3 is 1. The Morgan fingerprint density at radius 1 is 1.05 bits per heavy atom. The molecule has 21 heavy (non-hydrogen) atoms. The van der Waals surface area contributed by atoms with Gasteiger partial charge in [0.25, 0.3) is 0 Å². The van der Waals surface area contributed by atoms with Crippen molar-refractivity contribution in [1.29, 1.82) is 0 Å². The quantitative estimate of drug-likeness (QED) is 0.605. The summed E-state index contributed by atoms with van der Waals surface area (Å²) in [4.78, 5) is 12.7. The lowest BCUT2D eigenvalue weighted by molar-refractivity contribution is 0.103. The van der Waals surface area contributed by atoms with Crippen LogP contribution < -0.4 is 4.74 Å². The number of rotatable bonds is 2. The van der Waals surface area contributed by atoms with Crippen LogP contribution in [0.25, 0.3) is 6.08 Å². The SMILES string of the molecule is COc1cccc(/C=C2\CCCc3ccccc3C2=O)c1. The maximum absolute atomic E-state index is 12.7. The number of hydrogen-bond acceptors (Lipinski definition) is 2. The summed E-state index contributed by atoms with van der Waals surface area (Å²) in [6.07, 6.45) is 4.80. The van der Waals surface area contributed by atoms with E-state index in [9.17, 15) is 4.79 Å². The second-order valence-corrected chi connectivity index (χ2v) is 5.29. The van der Waals surface area contributed by atoms with E-state index < -0.39 is 0 Å². The van der Waals surface area contributed by atoms with E-state index >= 15 is 0 Å². The Morgan fingerprint density at radius 3 is 2.76 bits per heavy atom. The second-order valence-electron chi connectivity index (χ2n) is 5.29. The van der Waals surface area contributed by atoms with Crippen LogP contribution in [0.2, 0.25) is 0 Å². The van der Waals surface area contributed by atoms with Crippen LogP contribution in [0.4, 0.5) is 0 Å². The van der Waals surface area contributed by atoms with Crippen molar-refractivity contribution in [2.24, 2.45) is 0 Å². The number of Topliss-reactive ketones (excluding diaryl/α,β-unsaturated/α-hetero) is 1. The minimum absolute atomic E-state index is 0.158. The number of aryl methyl sites for hydroxylation is 1. The molecule has 0 unspecified atom stereocenters. The smallest absolute Gasteiger partial charge is 0.189 e.